The van der Waals surface area contributed by atoms with Crippen LogP contribution in [0.3, 0.4) is 0 Å². The fraction of sp³-hybridized carbons (Fsp3) is 0.400. The fourth-order valence-corrected chi connectivity index (χ4v) is 5.76. The molecule has 0 unspecified atom stereocenters. The number of hydrogen-bond acceptors (Lipinski definition) is 7. The van der Waals surface area contributed by atoms with Gasteiger partial charge in [0.1, 0.15) is 23.1 Å². The fourth-order valence-electron chi connectivity index (χ4n) is 5.76. The summed E-state index contributed by atoms with van der Waals surface area (Å²) in [5, 5.41) is 7.15. The van der Waals surface area contributed by atoms with Crippen molar-refractivity contribution in [2.24, 2.45) is 0 Å². The lowest BCUT2D eigenvalue weighted by Gasteiger charge is -2.36. The molecule has 216 valence electrons. The number of benzene rings is 2. The van der Waals surface area contributed by atoms with E-state index in [0.29, 0.717) is 61.7 Å². The minimum Gasteiger partial charge on any atom is -0.379 e. The number of nitrogens with zero attached hydrogens (tertiary/aromatic N) is 5. The van der Waals surface area contributed by atoms with Crippen molar-refractivity contribution in [3.8, 4) is 5.69 Å². The number of ether oxygens (including phenoxy) is 1. The Labute approximate surface area is 237 Å². The molecule has 2 aromatic carbocycles. The van der Waals surface area contributed by atoms with Gasteiger partial charge in [0.25, 0.3) is 0 Å². The first-order valence-corrected chi connectivity index (χ1v) is 14.0. The molecular formula is C30H34F3N7O. The van der Waals surface area contributed by atoms with Crippen LogP contribution in [0.5, 0.6) is 0 Å². The van der Waals surface area contributed by atoms with E-state index in [-0.39, 0.29) is 23.7 Å². The lowest BCUT2D eigenvalue weighted by atomic mass is 10.1. The predicted octanol–water partition coefficient (Wildman–Crippen LogP) is 4.60. The Morgan fingerprint density at radius 2 is 1.66 bits per heavy atom. The second-order valence-electron chi connectivity index (χ2n) is 11.0. The van der Waals surface area contributed by atoms with Crippen LogP contribution in [0.2, 0.25) is 0 Å². The van der Waals surface area contributed by atoms with Crippen molar-refractivity contribution in [3.05, 3.63) is 77.4 Å². The third-order valence-corrected chi connectivity index (χ3v) is 7.64. The predicted molar refractivity (Wildman–Crippen MR) is 152 cm³/mol. The molecule has 0 aliphatic carbocycles. The van der Waals surface area contributed by atoms with Gasteiger partial charge in [0.15, 0.2) is 0 Å². The number of anilines is 2. The van der Waals surface area contributed by atoms with Gasteiger partial charge in [-0.1, -0.05) is 6.07 Å². The molecule has 41 heavy (non-hydrogen) atoms. The number of halogens is 3. The Kier molecular flexibility index (Phi) is 7.94. The van der Waals surface area contributed by atoms with Crippen molar-refractivity contribution >= 4 is 22.7 Å². The maximum atomic E-state index is 15.1. The number of fused-ring (bicyclic) bond motifs is 1. The first-order chi connectivity index (χ1) is 19.8. The van der Waals surface area contributed by atoms with E-state index in [2.05, 4.69) is 39.3 Å². The van der Waals surface area contributed by atoms with Gasteiger partial charge in [-0.2, -0.15) is 4.98 Å². The van der Waals surface area contributed by atoms with Crippen LogP contribution in [0.15, 0.2) is 48.8 Å². The van der Waals surface area contributed by atoms with Crippen molar-refractivity contribution in [1.29, 1.82) is 0 Å². The summed E-state index contributed by atoms with van der Waals surface area (Å²) in [7, 11) is 0. The number of hydrogen-bond donors (Lipinski definition) is 2. The normalized spacial score (nSPS) is 20.5. The molecule has 8 nitrogen and oxygen atoms in total. The van der Waals surface area contributed by atoms with Gasteiger partial charge in [-0.25, -0.2) is 18.2 Å². The Balaban J connectivity index is 1.20. The van der Waals surface area contributed by atoms with Gasteiger partial charge >= 0.3 is 0 Å². The van der Waals surface area contributed by atoms with Gasteiger partial charge in [0.05, 0.1) is 24.6 Å². The summed E-state index contributed by atoms with van der Waals surface area (Å²) in [6.07, 6.45) is 3.28. The van der Waals surface area contributed by atoms with Crippen LogP contribution >= 0.6 is 0 Å². The summed E-state index contributed by atoms with van der Waals surface area (Å²) in [6.45, 7) is 9.33. The molecule has 4 heterocycles. The van der Waals surface area contributed by atoms with Gasteiger partial charge in [0, 0.05) is 74.7 Å². The third kappa shape index (κ3) is 6.23. The smallest absolute Gasteiger partial charge is 0.229 e. The third-order valence-electron chi connectivity index (χ3n) is 7.64. The van der Waals surface area contributed by atoms with Gasteiger partial charge in [-0.05, 0) is 49.7 Å². The number of rotatable bonds is 7. The highest BCUT2D eigenvalue weighted by Gasteiger charge is 2.22. The van der Waals surface area contributed by atoms with Crippen LogP contribution in [-0.4, -0.2) is 75.8 Å². The van der Waals surface area contributed by atoms with Crippen LogP contribution in [-0.2, 0) is 17.8 Å². The lowest BCUT2D eigenvalue weighted by molar-refractivity contribution is 0.0332. The Morgan fingerprint density at radius 1 is 0.927 bits per heavy atom. The van der Waals surface area contributed by atoms with E-state index in [9.17, 15) is 0 Å². The van der Waals surface area contributed by atoms with Crippen molar-refractivity contribution < 1.29 is 17.9 Å². The minimum atomic E-state index is -0.618. The highest BCUT2D eigenvalue weighted by Crippen LogP contribution is 2.26. The van der Waals surface area contributed by atoms with Crippen LogP contribution in [0.4, 0.5) is 24.8 Å². The van der Waals surface area contributed by atoms with E-state index in [4.69, 9.17) is 4.74 Å². The molecule has 2 N–H and O–H groups in total. The molecule has 4 aromatic rings. The molecule has 2 fully saturated rings. The zero-order chi connectivity index (χ0) is 28.5. The van der Waals surface area contributed by atoms with Gasteiger partial charge in [-0.3, -0.25) is 9.80 Å². The van der Waals surface area contributed by atoms with E-state index < -0.39 is 17.5 Å². The number of nitrogens with one attached hydrogen (secondary N) is 2. The van der Waals surface area contributed by atoms with Crippen molar-refractivity contribution in [2.45, 2.75) is 39.0 Å². The minimum absolute atomic E-state index is 0.0315. The van der Waals surface area contributed by atoms with Gasteiger partial charge in [-0.15, -0.1) is 0 Å². The average molecular weight is 566 g/mol. The largest absolute Gasteiger partial charge is 0.379 e. The molecule has 2 aliphatic heterocycles. The van der Waals surface area contributed by atoms with Crippen LogP contribution in [0.1, 0.15) is 25.0 Å². The molecule has 0 spiro atoms. The molecule has 2 saturated heterocycles. The quantitative estimate of drug-likeness (QED) is 0.340. The first-order valence-electron chi connectivity index (χ1n) is 14.0. The van der Waals surface area contributed by atoms with E-state index >= 15 is 13.2 Å². The van der Waals surface area contributed by atoms with Gasteiger partial charge < -0.3 is 19.9 Å². The number of morpholine rings is 1. The van der Waals surface area contributed by atoms with Crippen molar-refractivity contribution in [3.63, 3.8) is 0 Å². The lowest BCUT2D eigenvalue weighted by Crippen LogP contribution is -2.53. The standard InChI is InChI=1S/C30H34F3N7O/c1-19-15-39(16-20(2)35-19)17-21-3-4-28(27(33)11-21)36-30-34-14-22-5-6-40(29(22)37-30)23-12-25(31)24(26(32)13-23)18-38-7-9-41-10-8-38/h3-6,11-14,19-20,35H,7-10,15-18H2,1-2H3,(H,34,36,37)/t19-,20+. The van der Waals surface area contributed by atoms with Gasteiger partial charge in [0.2, 0.25) is 5.95 Å². The summed E-state index contributed by atoms with van der Waals surface area (Å²) in [5.41, 5.74) is 1.92. The molecule has 0 amide bonds. The zero-order valence-corrected chi connectivity index (χ0v) is 23.2. The summed E-state index contributed by atoms with van der Waals surface area (Å²) in [6, 6.07) is 10.3. The average Bonchev–Trinajstić information content (AvgIpc) is 3.35. The van der Waals surface area contributed by atoms with E-state index in [1.807, 2.05) is 11.0 Å². The molecule has 0 saturated carbocycles. The van der Waals surface area contributed by atoms with E-state index in [1.165, 1.54) is 18.2 Å². The molecular weight excluding hydrogens is 531 g/mol. The van der Waals surface area contributed by atoms with Crippen LogP contribution < -0.4 is 10.6 Å². The maximum absolute atomic E-state index is 15.1. The second-order valence-corrected chi connectivity index (χ2v) is 11.0. The second kappa shape index (κ2) is 11.8. The number of aromatic nitrogens is 3. The Hall–Kier alpha value is -3.51. The van der Waals surface area contributed by atoms with Crippen LogP contribution in [0, 0.1) is 17.5 Å². The molecule has 6 rings (SSSR count). The van der Waals surface area contributed by atoms with Crippen molar-refractivity contribution in [2.75, 3.05) is 44.7 Å². The molecule has 2 aliphatic rings. The zero-order valence-electron chi connectivity index (χ0n) is 23.2. The van der Waals surface area contributed by atoms with Crippen LogP contribution in [0.25, 0.3) is 16.7 Å². The Bertz CT molecular complexity index is 1510. The first kappa shape index (κ1) is 27.6. The Morgan fingerprint density at radius 3 is 2.37 bits per heavy atom. The summed E-state index contributed by atoms with van der Waals surface area (Å²) >= 11 is 0. The molecule has 11 heteroatoms. The SMILES string of the molecule is C[C@@H]1CN(Cc2ccc(Nc3ncc4ccn(-c5cc(F)c(CN6CCOCC6)c(F)c5)c4n3)c(F)c2)C[C@H](C)N1. The molecule has 0 radical (unpaired) electrons. The highest BCUT2D eigenvalue weighted by molar-refractivity contribution is 5.79. The summed E-state index contributed by atoms with van der Waals surface area (Å²) in [5.74, 6) is -1.46. The van der Waals surface area contributed by atoms with E-state index in [0.717, 1.165) is 18.7 Å². The molecule has 2 atom stereocenters. The number of piperazine rings is 1. The maximum Gasteiger partial charge on any atom is 0.229 e. The molecule has 2 aromatic heterocycles. The molecule has 0 bridgehead atoms. The van der Waals surface area contributed by atoms with Crippen molar-refractivity contribution in [1.82, 2.24) is 29.7 Å². The monoisotopic (exact) mass is 565 g/mol. The highest BCUT2D eigenvalue weighted by atomic mass is 19.1. The van der Waals surface area contributed by atoms with E-state index in [1.54, 1.807) is 29.1 Å². The summed E-state index contributed by atoms with van der Waals surface area (Å²) < 4.78 is 52.2. The summed E-state index contributed by atoms with van der Waals surface area (Å²) in [4.78, 5) is 13.2. The topological polar surface area (TPSA) is 70.5 Å².